The Bertz CT molecular complexity index is 281. The zero-order chi connectivity index (χ0) is 9.84. The van der Waals surface area contributed by atoms with Crippen molar-refractivity contribution in [2.24, 2.45) is 0 Å². The Hall–Kier alpha value is -1.05. The molecule has 0 fully saturated rings. The van der Waals surface area contributed by atoms with Gasteiger partial charge in [0.1, 0.15) is 11.6 Å². The molecule has 1 radical (unpaired) electrons. The highest BCUT2D eigenvalue weighted by Crippen LogP contribution is 2.26. The van der Waals surface area contributed by atoms with Crippen LogP contribution in [0.5, 0.6) is 5.75 Å². The van der Waals surface area contributed by atoms with Gasteiger partial charge >= 0.3 is 0 Å². The fourth-order valence-electron chi connectivity index (χ4n) is 1.17. The second-order valence-corrected chi connectivity index (χ2v) is 3.07. The lowest BCUT2D eigenvalue weighted by Gasteiger charge is -2.12. The molecule has 0 saturated carbocycles. The fraction of sp³-hybridized carbons (Fsp3) is 0.364. The molecular formula is C11H14FO. The maximum atomic E-state index is 12.9. The normalized spacial score (nSPS) is 10.5. The lowest BCUT2D eigenvalue weighted by Crippen LogP contribution is -1.99. The van der Waals surface area contributed by atoms with Gasteiger partial charge < -0.3 is 4.74 Å². The summed E-state index contributed by atoms with van der Waals surface area (Å²) in [7, 11) is 0. The number of hydrogen-bond acceptors (Lipinski definition) is 1. The molecule has 0 atom stereocenters. The highest BCUT2D eigenvalue weighted by Gasteiger charge is 2.08. The molecule has 0 aliphatic carbocycles. The van der Waals surface area contributed by atoms with Crippen LogP contribution in [0.2, 0.25) is 0 Å². The van der Waals surface area contributed by atoms with Gasteiger partial charge in [-0.3, -0.25) is 0 Å². The summed E-state index contributed by atoms with van der Waals surface area (Å²) in [6, 6.07) is 4.58. The zero-order valence-electron chi connectivity index (χ0n) is 8.23. The average Bonchev–Trinajstić information content (AvgIpc) is 2.08. The van der Waals surface area contributed by atoms with Gasteiger partial charge in [0.25, 0.3) is 0 Å². The van der Waals surface area contributed by atoms with E-state index >= 15 is 0 Å². The minimum atomic E-state index is -0.223. The molecule has 0 aliphatic rings. The molecule has 1 nitrogen and oxygen atoms in total. The maximum Gasteiger partial charge on any atom is 0.123 e. The van der Waals surface area contributed by atoms with Crippen LogP contribution in [-0.2, 0) is 0 Å². The van der Waals surface area contributed by atoms with E-state index in [1.54, 1.807) is 6.07 Å². The fourth-order valence-corrected chi connectivity index (χ4v) is 1.17. The van der Waals surface area contributed by atoms with Crippen LogP contribution in [0, 0.1) is 11.7 Å². The summed E-state index contributed by atoms with van der Waals surface area (Å²) in [6.07, 6.45) is 0. The Labute approximate surface area is 78.5 Å². The molecule has 0 heterocycles. The van der Waals surface area contributed by atoms with E-state index in [-0.39, 0.29) is 5.82 Å². The van der Waals surface area contributed by atoms with Crippen molar-refractivity contribution in [2.45, 2.75) is 20.8 Å². The Morgan fingerprint density at radius 1 is 1.38 bits per heavy atom. The van der Waals surface area contributed by atoms with Crippen molar-refractivity contribution in [1.29, 1.82) is 0 Å². The summed E-state index contributed by atoms with van der Waals surface area (Å²) in [5.74, 6) is 1.59. The number of rotatable bonds is 3. The van der Waals surface area contributed by atoms with Gasteiger partial charge in [0.05, 0.1) is 6.61 Å². The Kier molecular flexibility index (Phi) is 3.29. The molecule has 1 aromatic rings. The molecule has 13 heavy (non-hydrogen) atoms. The predicted octanol–water partition coefficient (Wildman–Crippen LogP) is 3.19. The lowest BCUT2D eigenvalue weighted by atomic mass is 10.0. The smallest absolute Gasteiger partial charge is 0.123 e. The van der Waals surface area contributed by atoms with Crippen molar-refractivity contribution in [2.75, 3.05) is 6.61 Å². The molecule has 0 spiro atoms. The number of ether oxygens (including phenoxy) is 1. The molecule has 0 aliphatic heterocycles. The van der Waals surface area contributed by atoms with Crippen LogP contribution < -0.4 is 4.74 Å². The number of halogens is 1. The van der Waals surface area contributed by atoms with Crippen molar-refractivity contribution >= 4 is 0 Å². The first kappa shape index (κ1) is 10.0. The van der Waals surface area contributed by atoms with Crippen LogP contribution in [0.15, 0.2) is 18.2 Å². The first-order chi connectivity index (χ1) is 6.15. The van der Waals surface area contributed by atoms with Crippen LogP contribution in [-0.4, -0.2) is 6.61 Å². The van der Waals surface area contributed by atoms with Crippen molar-refractivity contribution < 1.29 is 9.13 Å². The third-order valence-corrected chi connectivity index (χ3v) is 1.78. The van der Waals surface area contributed by atoms with Gasteiger partial charge in [-0.1, -0.05) is 13.8 Å². The summed E-state index contributed by atoms with van der Waals surface area (Å²) < 4.78 is 18.2. The molecule has 1 rings (SSSR count). The molecular weight excluding hydrogens is 167 g/mol. The monoisotopic (exact) mass is 181 g/mol. The Morgan fingerprint density at radius 3 is 2.62 bits per heavy atom. The highest BCUT2D eigenvalue weighted by molar-refractivity contribution is 5.42. The lowest BCUT2D eigenvalue weighted by molar-refractivity contribution is 0.337. The van der Waals surface area contributed by atoms with Crippen LogP contribution >= 0.6 is 0 Å². The molecule has 71 valence electrons. The van der Waals surface area contributed by atoms with E-state index in [0.29, 0.717) is 6.61 Å². The summed E-state index contributed by atoms with van der Waals surface area (Å²) in [5, 5.41) is 0. The molecule has 0 saturated heterocycles. The van der Waals surface area contributed by atoms with Crippen LogP contribution in [0.1, 0.15) is 26.3 Å². The molecule has 2 heteroatoms. The van der Waals surface area contributed by atoms with Crippen molar-refractivity contribution in [3.63, 3.8) is 0 Å². The van der Waals surface area contributed by atoms with Gasteiger partial charge in [-0.25, -0.2) is 4.39 Å². The van der Waals surface area contributed by atoms with Crippen LogP contribution in [0.4, 0.5) is 4.39 Å². The second-order valence-electron chi connectivity index (χ2n) is 3.07. The SMILES string of the molecule is CCOc1ccc(F)cc1[C](C)C. The summed E-state index contributed by atoms with van der Waals surface area (Å²) >= 11 is 0. The zero-order valence-corrected chi connectivity index (χ0v) is 8.23. The number of hydrogen-bond donors (Lipinski definition) is 0. The Balaban J connectivity index is 3.03. The van der Waals surface area contributed by atoms with E-state index < -0.39 is 0 Å². The van der Waals surface area contributed by atoms with Gasteiger partial charge in [-0.15, -0.1) is 0 Å². The van der Waals surface area contributed by atoms with Crippen LogP contribution in [0.3, 0.4) is 0 Å². The van der Waals surface area contributed by atoms with E-state index in [1.807, 2.05) is 20.8 Å². The largest absolute Gasteiger partial charge is 0.494 e. The van der Waals surface area contributed by atoms with Gasteiger partial charge in [0.15, 0.2) is 0 Å². The van der Waals surface area contributed by atoms with E-state index in [2.05, 4.69) is 0 Å². The topological polar surface area (TPSA) is 9.23 Å². The van der Waals surface area contributed by atoms with E-state index in [0.717, 1.165) is 17.2 Å². The minimum absolute atomic E-state index is 0.223. The molecule has 1 aromatic carbocycles. The molecule has 0 amide bonds. The van der Waals surface area contributed by atoms with Gasteiger partial charge in [0, 0.05) is 11.5 Å². The molecule has 0 N–H and O–H groups in total. The summed E-state index contributed by atoms with van der Waals surface area (Å²) in [5.41, 5.74) is 0.849. The summed E-state index contributed by atoms with van der Waals surface area (Å²) in [4.78, 5) is 0. The average molecular weight is 181 g/mol. The predicted molar refractivity (Wildman–Crippen MR) is 51.3 cm³/mol. The van der Waals surface area contributed by atoms with Crippen molar-refractivity contribution in [3.8, 4) is 5.75 Å². The first-order valence-electron chi connectivity index (χ1n) is 4.38. The first-order valence-corrected chi connectivity index (χ1v) is 4.38. The van der Waals surface area contributed by atoms with E-state index in [1.165, 1.54) is 12.1 Å². The Morgan fingerprint density at radius 2 is 2.08 bits per heavy atom. The minimum Gasteiger partial charge on any atom is -0.494 e. The molecule has 0 aromatic heterocycles. The molecule has 0 bridgehead atoms. The standard InChI is InChI=1S/C11H14FO/c1-4-13-11-6-5-9(12)7-10(11)8(2)3/h5-7H,4H2,1-3H3. The van der Waals surface area contributed by atoms with Gasteiger partial charge in [-0.05, 0) is 25.1 Å². The van der Waals surface area contributed by atoms with Crippen molar-refractivity contribution in [1.82, 2.24) is 0 Å². The van der Waals surface area contributed by atoms with E-state index in [9.17, 15) is 4.39 Å². The molecule has 0 unspecified atom stereocenters. The maximum absolute atomic E-state index is 12.9. The summed E-state index contributed by atoms with van der Waals surface area (Å²) in [6.45, 7) is 6.40. The van der Waals surface area contributed by atoms with Crippen molar-refractivity contribution in [3.05, 3.63) is 35.5 Å². The quantitative estimate of drug-likeness (QED) is 0.695. The second kappa shape index (κ2) is 4.26. The third kappa shape index (κ3) is 2.44. The van der Waals surface area contributed by atoms with E-state index in [4.69, 9.17) is 4.74 Å². The van der Waals surface area contributed by atoms with Gasteiger partial charge in [0.2, 0.25) is 0 Å². The van der Waals surface area contributed by atoms with Gasteiger partial charge in [-0.2, -0.15) is 0 Å². The highest BCUT2D eigenvalue weighted by atomic mass is 19.1. The van der Waals surface area contributed by atoms with Crippen LogP contribution in [0.25, 0.3) is 0 Å². The third-order valence-electron chi connectivity index (χ3n) is 1.78. The number of benzene rings is 1.